The Labute approximate surface area is 148 Å². The van der Waals surface area contributed by atoms with Gasteiger partial charge >= 0.3 is 149 Å². The first-order valence-corrected chi connectivity index (χ1v) is 10.5. The third kappa shape index (κ3) is 4.11. The third-order valence-corrected chi connectivity index (χ3v) is 7.26. The summed E-state index contributed by atoms with van der Waals surface area (Å²) in [4.78, 5) is 12.8. The summed E-state index contributed by atoms with van der Waals surface area (Å²) in [6, 6.07) is 7.80. The van der Waals surface area contributed by atoms with E-state index < -0.39 is 26.7 Å². The number of hydrogen-bond acceptors (Lipinski definition) is 2. The molecule has 3 nitrogen and oxygen atoms in total. The number of nitrogens with zero attached hydrogens (tertiary/aromatic N) is 1. The molecule has 2 rings (SSSR count). The van der Waals surface area contributed by atoms with Crippen LogP contribution < -0.4 is 3.71 Å². The van der Waals surface area contributed by atoms with Crippen molar-refractivity contribution in [3.63, 3.8) is 0 Å². The van der Waals surface area contributed by atoms with Gasteiger partial charge in [0.1, 0.15) is 0 Å². The van der Waals surface area contributed by atoms with Crippen molar-refractivity contribution in [2.24, 2.45) is 0 Å². The molecule has 0 fully saturated rings. The number of aromatic nitrogens is 1. The van der Waals surface area contributed by atoms with Crippen LogP contribution in [0, 0.1) is 12.3 Å². The average Bonchev–Trinajstić information content (AvgIpc) is 2.67. The molecular weight excluding hydrogens is 393 g/mol. The molecule has 1 heterocycles. The minimum absolute atomic E-state index is 0.170. The molecule has 0 saturated carbocycles. The monoisotopic (exact) mass is 417 g/mol. The molecule has 0 atom stereocenters. The molecule has 1 aromatic heterocycles. The zero-order chi connectivity index (χ0) is 17.4. The Bertz CT molecular complexity index is 783. The molecular formula is C19H23NO2Sn. The average molecular weight is 416 g/mol. The van der Waals surface area contributed by atoms with Crippen molar-refractivity contribution in [1.82, 2.24) is 4.57 Å². The van der Waals surface area contributed by atoms with Gasteiger partial charge in [0, 0.05) is 0 Å². The van der Waals surface area contributed by atoms with Crippen molar-refractivity contribution < 1.29 is 9.53 Å². The van der Waals surface area contributed by atoms with Gasteiger partial charge in [0.2, 0.25) is 0 Å². The van der Waals surface area contributed by atoms with Crippen molar-refractivity contribution >= 4 is 41.8 Å². The summed E-state index contributed by atoms with van der Waals surface area (Å²) in [5.74, 6) is 2.81. The summed E-state index contributed by atoms with van der Waals surface area (Å²) in [6.07, 6.45) is 5.45. The van der Waals surface area contributed by atoms with Crippen molar-refractivity contribution in [3.8, 4) is 12.3 Å². The number of carbonyl (C=O) groups excluding carboxylic acids is 1. The Morgan fingerprint density at radius 1 is 1.17 bits per heavy atom. The molecule has 0 saturated heterocycles. The van der Waals surface area contributed by atoms with Crippen LogP contribution in [0.1, 0.15) is 47.1 Å². The van der Waals surface area contributed by atoms with E-state index in [9.17, 15) is 4.79 Å². The number of hydrogen-bond donors (Lipinski definition) is 0. The molecule has 2 radical (unpaired) electrons. The number of carbonyl (C=O) groups is 1. The van der Waals surface area contributed by atoms with Crippen LogP contribution in [0.5, 0.6) is 0 Å². The van der Waals surface area contributed by atoms with Gasteiger partial charge in [-0.05, 0) is 0 Å². The van der Waals surface area contributed by atoms with E-state index in [1.807, 2.05) is 45.0 Å². The molecule has 2 aromatic rings. The van der Waals surface area contributed by atoms with Gasteiger partial charge in [-0.15, -0.1) is 0 Å². The van der Waals surface area contributed by atoms with Crippen LogP contribution in [-0.4, -0.2) is 37.4 Å². The summed E-state index contributed by atoms with van der Waals surface area (Å²) in [6.45, 7) is 12.2. The van der Waals surface area contributed by atoms with Gasteiger partial charge in [0.25, 0.3) is 0 Å². The van der Waals surface area contributed by atoms with Crippen LogP contribution in [-0.2, 0) is 4.74 Å². The molecule has 0 aliphatic carbocycles. The molecule has 0 N–H and O–H groups in total. The van der Waals surface area contributed by atoms with Gasteiger partial charge in [0.15, 0.2) is 0 Å². The number of benzene rings is 1. The topological polar surface area (TPSA) is 31.2 Å². The second kappa shape index (κ2) is 6.24. The molecule has 23 heavy (non-hydrogen) atoms. The molecule has 0 aliphatic rings. The summed E-state index contributed by atoms with van der Waals surface area (Å²) >= 11 is -1.11. The van der Waals surface area contributed by atoms with Crippen LogP contribution in [0.2, 0.25) is 3.43 Å². The zero-order valence-corrected chi connectivity index (χ0v) is 17.5. The molecule has 1 aromatic carbocycles. The van der Waals surface area contributed by atoms with E-state index in [0.29, 0.717) is 0 Å². The molecule has 0 aliphatic heterocycles. The second-order valence-electron chi connectivity index (χ2n) is 7.58. The van der Waals surface area contributed by atoms with Crippen molar-refractivity contribution in [1.29, 1.82) is 0 Å². The van der Waals surface area contributed by atoms with Gasteiger partial charge in [-0.1, -0.05) is 0 Å². The van der Waals surface area contributed by atoms with Crippen molar-refractivity contribution in [2.75, 3.05) is 0 Å². The molecule has 0 unspecified atom stereocenters. The van der Waals surface area contributed by atoms with Crippen LogP contribution in [0.25, 0.3) is 10.9 Å². The van der Waals surface area contributed by atoms with Crippen LogP contribution >= 0.6 is 0 Å². The van der Waals surface area contributed by atoms with Crippen LogP contribution in [0.4, 0.5) is 4.79 Å². The van der Waals surface area contributed by atoms with Gasteiger partial charge in [-0.25, -0.2) is 0 Å². The van der Waals surface area contributed by atoms with Gasteiger partial charge in [-0.2, -0.15) is 0 Å². The Kier molecular flexibility index (Phi) is 4.86. The zero-order valence-electron chi connectivity index (χ0n) is 14.7. The Morgan fingerprint density at radius 3 is 2.30 bits per heavy atom. The first-order chi connectivity index (χ1) is 10.5. The first kappa shape index (κ1) is 17.9. The van der Waals surface area contributed by atoms with Crippen molar-refractivity contribution in [3.05, 3.63) is 29.8 Å². The van der Waals surface area contributed by atoms with Gasteiger partial charge in [-0.3, -0.25) is 0 Å². The standard InChI is InChI=1S/C15H14NO2.C4H9.Sn/c1-5-11-10-16(14(17)18-15(2,3)4)13-9-7-6-8-12(11)13;1-4(2)3;/h1,6-9H,2-4H3;1-3H3;. The van der Waals surface area contributed by atoms with E-state index in [0.717, 1.165) is 20.2 Å². The first-order valence-electron chi connectivity index (χ1n) is 7.65. The summed E-state index contributed by atoms with van der Waals surface area (Å²) in [5, 5.41) is 0.959. The summed E-state index contributed by atoms with van der Waals surface area (Å²) in [7, 11) is 0. The van der Waals surface area contributed by atoms with E-state index in [-0.39, 0.29) is 9.52 Å². The summed E-state index contributed by atoms with van der Waals surface area (Å²) < 4.78 is 8.53. The SMILES string of the molecule is C#Cc1[c]([Sn][C](C)(C)C)n(C(=O)OC(C)(C)C)c2ccccc12. The molecule has 4 heteroatoms. The fourth-order valence-electron chi connectivity index (χ4n) is 2.36. The van der Waals surface area contributed by atoms with E-state index >= 15 is 0 Å². The van der Waals surface area contributed by atoms with Crippen LogP contribution in [0.3, 0.4) is 0 Å². The van der Waals surface area contributed by atoms with Gasteiger partial charge in [0.05, 0.1) is 0 Å². The van der Waals surface area contributed by atoms with Crippen molar-refractivity contribution in [2.45, 2.75) is 50.6 Å². The van der Waals surface area contributed by atoms with E-state index in [1.165, 1.54) is 0 Å². The minimum atomic E-state index is -1.11. The molecule has 0 bridgehead atoms. The van der Waals surface area contributed by atoms with E-state index in [2.05, 4.69) is 26.7 Å². The number of fused-ring (bicyclic) bond motifs is 1. The molecule has 120 valence electrons. The quantitative estimate of drug-likeness (QED) is 0.521. The predicted octanol–water partition coefficient (Wildman–Crippen LogP) is 3.95. The predicted molar refractivity (Wildman–Crippen MR) is 96.6 cm³/mol. The normalized spacial score (nSPS) is 12.2. The van der Waals surface area contributed by atoms with Gasteiger partial charge < -0.3 is 0 Å². The molecule has 0 amide bonds. The Balaban J connectivity index is 2.72. The fourth-order valence-corrected chi connectivity index (χ4v) is 6.25. The number of terminal acetylenes is 1. The maximum absolute atomic E-state index is 12.8. The maximum atomic E-state index is 12.8. The third-order valence-electron chi connectivity index (χ3n) is 3.09. The molecule has 0 spiro atoms. The van der Waals surface area contributed by atoms with E-state index in [1.54, 1.807) is 4.57 Å². The summed E-state index contributed by atoms with van der Waals surface area (Å²) in [5.41, 5.74) is 1.16. The second-order valence-corrected chi connectivity index (χ2v) is 13.9. The fraction of sp³-hybridized carbons (Fsp3) is 0.421. The Hall–Kier alpha value is -1.41. The Morgan fingerprint density at radius 2 is 1.78 bits per heavy atom. The van der Waals surface area contributed by atoms with Crippen LogP contribution in [0.15, 0.2) is 24.3 Å². The number of rotatable bonds is 1. The van der Waals surface area contributed by atoms with E-state index in [4.69, 9.17) is 11.2 Å². The number of ether oxygens (including phenoxy) is 1. The number of para-hydroxylation sites is 1.